The van der Waals surface area contributed by atoms with E-state index in [2.05, 4.69) is 20.5 Å². The summed E-state index contributed by atoms with van der Waals surface area (Å²) in [6, 6.07) is 7.83. The summed E-state index contributed by atoms with van der Waals surface area (Å²) >= 11 is 0. The molecule has 1 N–H and O–H groups in total. The molecule has 0 saturated heterocycles. The van der Waals surface area contributed by atoms with Crippen LogP contribution in [0, 0.1) is 6.92 Å². The number of imidazole rings is 1. The van der Waals surface area contributed by atoms with Crippen LogP contribution in [0.5, 0.6) is 0 Å². The Labute approximate surface area is 121 Å². The highest BCUT2D eigenvalue weighted by Gasteiger charge is 2.09. The topological polar surface area (TPSA) is 71.7 Å². The first-order valence-electron chi connectivity index (χ1n) is 6.41. The van der Waals surface area contributed by atoms with Crippen LogP contribution in [0.4, 0.5) is 0 Å². The third-order valence-electron chi connectivity index (χ3n) is 2.95. The molecule has 104 valence electrons. The van der Waals surface area contributed by atoms with E-state index < -0.39 is 0 Å². The Bertz CT molecular complexity index is 771. The van der Waals surface area contributed by atoms with Gasteiger partial charge in [-0.15, -0.1) is 0 Å². The molecule has 0 fully saturated rings. The standard InChI is InChI=1S/C15H13N5O/c1-11-2-4-12(5-3-11)8-17-19-15(21)13-10-20-7-6-16-9-14(20)18-13/h2-10H,1H3,(H,19,21)/b17-8-. The molecule has 0 aliphatic heterocycles. The molecule has 2 heterocycles. The molecule has 1 aromatic carbocycles. The van der Waals surface area contributed by atoms with Gasteiger partial charge < -0.3 is 4.40 Å². The van der Waals surface area contributed by atoms with E-state index in [9.17, 15) is 4.79 Å². The zero-order valence-corrected chi connectivity index (χ0v) is 11.4. The van der Waals surface area contributed by atoms with E-state index in [-0.39, 0.29) is 5.91 Å². The minimum atomic E-state index is -0.359. The Morgan fingerprint density at radius 3 is 2.90 bits per heavy atom. The summed E-state index contributed by atoms with van der Waals surface area (Å²) in [5, 5.41) is 3.93. The molecule has 6 nitrogen and oxygen atoms in total. The second kappa shape index (κ2) is 5.54. The lowest BCUT2D eigenvalue weighted by Crippen LogP contribution is -2.17. The van der Waals surface area contributed by atoms with Crippen molar-refractivity contribution in [1.82, 2.24) is 19.8 Å². The zero-order valence-electron chi connectivity index (χ0n) is 11.4. The molecule has 0 bridgehead atoms. The summed E-state index contributed by atoms with van der Waals surface area (Å²) in [5.41, 5.74) is 5.46. The molecule has 0 unspecified atom stereocenters. The van der Waals surface area contributed by atoms with Crippen molar-refractivity contribution >= 4 is 17.8 Å². The van der Waals surface area contributed by atoms with Crippen LogP contribution in [0.25, 0.3) is 5.65 Å². The maximum absolute atomic E-state index is 11.9. The fraction of sp³-hybridized carbons (Fsp3) is 0.0667. The molecule has 0 saturated carbocycles. The van der Waals surface area contributed by atoms with E-state index in [0.717, 1.165) is 5.56 Å². The summed E-state index contributed by atoms with van der Waals surface area (Å²) < 4.78 is 1.73. The Morgan fingerprint density at radius 2 is 2.14 bits per heavy atom. The first-order chi connectivity index (χ1) is 10.2. The van der Waals surface area contributed by atoms with Gasteiger partial charge in [0.15, 0.2) is 5.65 Å². The Kier molecular flexibility index (Phi) is 3.42. The minimum Gasteiger partial charge on any atom is -0.303 e. The van der Waals surface area contributed by atoms with Gasteiger partial charge in [0, 0.05) is 18.6 Å². The predicted molar refractivity (Wildman–Crippen MR) is 79.2 cm³/mol. The van der Waals surface area contributed by atoms with E-state index in [1.54, 1.807) is 35.4 Å². The first kappa shape index (κ1) is 13.0. The Hall–Kier alpha value is -3.02. The first-order valence-corrected chi connectivity index (χ1v) is 6.41. The summed E-state index contributed by atoms with van der Waals surface area (Å²) in [5.74, 6) is -0.359. The van der Waals surface area contributed by atoms with Gasteiger partial charge in [-0.2, -0.15) is 5.10 Å². The van der Waals surface area contributed by atoms with Crippen LogP contribution >= 0.6 is 0 Å². The number of nitrogens with one attached hydrogen (secondary N) is 1. The van der Waals surface area contributed by atoms with Crippen molar-refractivity contribution in [1.29, 1.82) is 0 Å². The highest BCUT2D eigenvalue weighted by Crippen LogP contribution is 2.03. The van der Waals surface area contributed by atoms with Gasteiger partial charge in [-0.3, -0.25) is 9.78 Å². The van der Waals surface area contributed by atoms with Gasteiger partial charge in [0.1, 0.15) is 5.69 Å². The number of hydrogen-bond acceptors (Lipinski definition) is 4. The van der Waals surface area contributed by atoms with E-state index in [1.165, 1.54) is 5.56 Å². The normalized spacial score (nSPS) is 11.1. The van der Waals surface area contributed by atoms with E-state index >= 15 is 0 Å². The molecule has 0 aliphatic carbocycles. The molecule has 3 rings (SSSR count). The number of hydrogen-bond donors (Lipinski definition) is 1. The quantitative estimate of drug-likeness (QED) is 0.587. The second-order valence-corrected chi connectivity index (χ2v) is 4.58. The average molecular weight is 279 g/mol. The molecule has 21 heavy (non-hydrogen) atoms. The van der Waals surface area contributed by atoms with Crippen molar-refractivity contribution in [3.05, 3.63) is 65.9 Å². The largest absolute Gasteiger partial charge is 0.303 e. The lowest BCUT2D eigenvalue weighted by molar-refractivity contribution is 0.0951. The van der Waals surface area contributed by atoms with Crippen molar-refractivity contribution in [2.75, 3.05) is 0 Å². The third-order valence-corrected chi connectivity index (χ3v) is 2.95. The SMILES string of the molecule is Cc1ccc(/C=N\NC(=O)c2cn3ccncc3n2)cc1. The van der Waals surface area contributed by atoms with Crippen LogP contribution in [0.2, 0.25) is 0 Å². The summed E-state index contributed by atoms with van der Waals surface area (Å²) in [4.78, 5) is 20.1. The molecule has 3 aromatic rings. The maximum Gasteiger partial charge on any atom is 0.291 e. The molecular weight excluding hydrogens is 266 g/mol. The van der Waals surface area contributed by atoms with Crippen LogP contribution in [-0.2, 0) is 0 Å². The van der Waals surface area contributed by atoms with Crippen LogP contribution in [0.1, 0.15) is 21.6 Å². The number of fused-ring (bicyclic) bond motifs is 1. The minimum absolute atomic E-state index is 0.295. The van der Waals surface area contributed by atoms with Crippen molar-refractivity contribution in [2.24, 2.45) is 5.10 Å². The fourth-order valence-electron chi connectivity index (χ4n) is 1.83. The van der Waals surface area contributed by atoms with Gasteiger partial charge in [-0.05, 0) is 12.5 Å². The molecule has 0 radical (unpaired) electrons. The number of carbonyl (C=O) groups is 1. The van der Waals surface area contributed by atoms with Crippen molar-refractivity contribution in [3.63, 3.8) is 0 Å². The Morgan fingerprint density at radius 1 is 1.33 bits per heavy atom. The van der Waals surface area contributed by atoms with Crippen LogP contribution < -0.4 is 5.43 Å². The fourth-order valence-corrected chi connectivity index (χ4v) is 1.83. The van der Waals surface area contributed by atoms with E-state index in [0.29, 0.717) is 11.3 Å². The maximum atomic E-state index is 11.9. The lowest BCUT2D eigenvalue weighted by Gasteiger charge is -1.96. The van der Waals surface area contributed by atoms with Crippen molar-refractivity contribution < 1.29 is 4.79 Å². The van der Waals surface area contributed by atoms with Gasteiger partial charge in [0.05, 0.1) is 12.4 Å². The third kappa shape index (κ3) is 2.94. The molecular formula is C15H13N5O. The molecule has 6 heteroatoms. The molecule has 1 amide bonds. The van der Waals surface area contributed by atoms with Gasteiger partial charge in [0.25, 0.3) is 5.91 Å². The number of amides is 1. The highest BCUT2D eigenvalue weighted by molar-refractivity contribution is 5.93. The zero-order chi connectivity index (χ0) is 14.7. The number of rotatable bonds is 3. The number of aromatic nitrogens is 3. The number of nitrogens with zero attached hydrogens (tertiary/aromatic N) is 4. The molecule has 0 aliphatic rings. The molecule has 2 aromatic heterocycles. The number of hydrazone groups is 1. The predicted octanol–water partition coefficient (Wildman–Crippen LogP) is 1.80. The number of benzene rings is 1. The van der Waals surface area contributed by atoms with Crippen LogP contribution in [-0.4, -0.2) is 26.5 Å². The number of carbonyl (C=O) groups excluding carboxylic acids is 1. The van der Waals surface area contributed by atoms with Crippen molar-refractivity contribution in [2.45, 2.75) is 6.92 Å². The summed E-state index contributed by atoms with van der Waals surface area (Å²) in [6.07, 6.45) is 8.18. The van der Waals surface area contributed by atoms with Gasteiger partial charge in [0.2, 0.25) is 0 Å². The Balaban J connectivity index is 1.70. The van der Waals surface area contributed by atoms with E-state index in [1.807, 2.05) is 31.2 Å². The highest BCUT2D eigenvalue weighted by atomic mass is 16.2. The summed E-state index contributed by atoms with van der Waals surface area (Å²) in [7, 11) is 0. The number of aryl methyl sites for hydroxylation is 1. The lowest BCUT2D eigenvalue weighted by atomic mass is 10.2. The smallest absolute Gasteiger partial charge is 0.291 e. The van der Waals surface area contributed by atoms with Crippen molar-refractivity contribution in [3.8, 4) is 0 Å². The van der Waals surface area contributed by atoms with Crippen LogP contribution in [0.15, 0.2) is 54.2 Å². The van der Waals surface area contributed by atoms with Gasteiger partial charge in [-0.1, -0.05) is 29.8 Å². The molecule has 0 atom stereocenters. The van der Waals surface area contributed by atoms with Gasteiger partial charge >= 0.3 is 0 Å². The van der Waals surface area contributed by atoms with Gasteiger partial charge in [-0.25, -0.2) is 10.4 Å². The average Bonchev–Trinajstić information content (AvgIpc) is 2.93. The molecule has 0 spiro atoms. The van der Waals surface area contributed by atoms with Crippen LogP contribution in [0.3, 0.4) is 0 Å². The second-order valence-electron chi connectivity index (χ2n) is 4.58. The summed E-state index contributed by atoms with van der Waals surface area (Å²) in [6.45, 7) is 2.01. The monoisotopic (exact) mass is 279 g/mol. The van der Waals surface area contributed by atoms with E-state index in [4.69, 9.17) is 0 Å².